The smallest absolute Gasteiger partial charge is 0.128 e. The van der Waals surface area contributed by atoms with Crippen molar-refractivity contribution in [2.24, 2.45) is 5.92 Å². The number of fused-ring (bicyclic) bond motifs is 2. The average Bonchev–Trinajstić information content (AvgIpc) is 2.29. The highest BCUT2D eigenvalue weighted by Crippen LogP contribution is 2.40. The minimum absolute atomic E-state index is 0.0435. The van der Waals surface area contributed by atoms with Gasteiger partial charge in [-0.2, -0.15) is 0 Å². The summed E-state index contributed by atoms with van der Waals surface area (Å²) in [5.41, 5.74) is 0.713. The van der Waals surface area contributed by atoms with Crippen LogP contribution in [0.1, 0.15) is 18.1 Å². The van der Waals surface area contributed by atoms with E-state index in [1.54, 1.807) is 6.07 Å². The Morgan fingerprint density at radius 3 is 3.19 bits per heavy atom. The summed E-state index contributed by atoms with van der Waals surface area (Å²) in [7, 11) is 0. The molecule has 3 unspecified atom stereocenters. The number of piperidine rings is 1. The molecule has 1 aromatic carbocycles. The largest absolute Gasteiger partial charge is 0.488 e. The number of halogens is 1. The van der Waals surface area contributed by atoms with E-state index in [1.165, 1.54) is 12.1 Å². The van der Waals surface area contributed by atoms with Gasteiger partial charge in [0.15, 0.2) is 0 Å². The van der Waals surface area contributed by atoms with Gasteiger partial charge in [0.1, 0.15) is 17.7 Å². The maximum atomic E-state index is 13.1. The molecule has 0 spiro atoms. The molecule has 0 aromatic heterocycles. The van der Waals surface area contributed by atoms with Crippen LogP contribution < -0.4 is 10.1 Å². The van der Waals surface area contributed by atoms with Crippen LogP contribution in [0, 0.1) is 11.7 Å². The molecule has 3 atom stereocenters. The summed E-state index contributed by atoms with van der Waals surface area (Å²) < 4.78 is 18.8. The Hall–Kier alpha value is -1.13. The molecule has 1 fully saturated rings. The molecule has 3 rings (SSSR count). The minimum Gasteiger partial charge on any atom is -0.488 e. The second-order valence-corrected chi connectivity index (χ2v) is 4.44. The van der Waals surface area contributed by atoms with Gasteiger partial charge in [0.05, 0.1) is 6.10 Å². The van der Waals surface area contributed by atoms with E-state index in [0.29, 0.717) is 11.3 Å². The topological polar surface area (TPSA) is 41.5 Å². The Morgan fingerprint density at radius 1 is 1.44 bits per heavy atom. The average molecular weight is 223 g/mol. The lowest BCUT2D eigenvalue weighted by molar-refractivity contribution is -0.0161. The van der Waals surface area contributed by atoms with Crippen molar-refractivity contribution < 1.29 is 14.2 Å². The van der Waals surface area contributed by atoms with Gasteiger partial charge in [0, 0.05) is 24.1 Å². The summed E-state index contributed by atoms with van der Waals surface area (Å²) in [5.74, 6) is 0.282. The molecule has 86 valence electrons. The quantitative estimate of drug-likeness (QED) is 0.695. The molecule has 0 amide bonds. The number of nitrogens with one attached hydrogen (secondary N) is 1. The molecule has 4 heteroatoms. The van der Waals surface area contributed by atoms with Crippen molar-refractivity contribution in [3.05, 3.63) is 29.6 Å². The normalized spacial score (nSPS) is 32.5. The van der Waals surface area contributed by atoms with E-state index in [0.717, 1.165) is 19.5 Å². The van der Waals surface area contributed by atoms with Gasteiger partial charge in [-0.1, -0.05) is 0 Å². The maximum Gasteiger partial charge on any atom is 0.128 e. The molecule has 2 N–H and O–H groups in total. The van der Waals surface area contributed by atoms with Gasteiger partial charge < -0.3 is 15.2 Å². The highest BCUT2D eigenvalue weighted by molar-refractivity contribution is 5.38. The van der Waals surface area contributed by atoms with E-state index in [2.05, 4.69) is 5.32 Å². The number of aliphatic hydroxyl groups excluding tert-OH is 1. The van der Waals surface area contributed by atoms with Crippen LogP contribution in [0.5, 0.6) is 5.75 Å². The zero-order valence-corrected chi connectivity index (χ0v) is 8.82. The van der Waals surface area contributed by atoms with Gasteiger partial charge in [0.2, 0.25) is 0 Å². The Kier molecular flexibility index (Phi) is 2.33. The summed E-state index contributed by atoms with van der Waals surface area (Å²) in [6, 6.07) is 4.34. The zero-order valence-electron chi connectivity index (χ0n) is 8.82. The Morgan fingerprint density at radius 2 is 2.31 bits per heavy atom. The van der Waals surface area contributed by atoms with Crippen molar-refractivity contribution in [3.8, 4) is 5.75 Å². The predicted molar refractivity (Wildman–Crippen MR) is 56.8 cm³/mol. The molecular formula is C12H14FNO2. The lowest BCUT2D eigenvalue weighted by atomic mass is 9.83. The fourth-order valence-electron chi connectivity index (χ4n) is 2.59. The monoisotopic (exact) mass is 223 g/mol. The molecule has 16 heavy (non-hydrogen) atoms. The fraction of sp³-hybridized carbons (Fsp3) is 0.500. The molecule has 2 heterocycles. The number of rotatable bonds is 0. The molecule has 3 nitrogen and oxygen atoms in total. The van der Waals surface area contributed by atoms with Gasteiger partial charge >= 0.3 is 0 Å². The van der Waals surface area contributed by atoms with Crippen molar-refractivity contribution in [1.82, 2.24) is 5.32 Å². The van der Waals surface area contributed by atoms with Crippen LogP contribution in [-0.4, -0.2) is 24.3 Å². The minimum atomic E-state index is -0.531. The SMILES string of the molecule is OC1c2ccc(F)cc2OC2CNCCC21. The van der Waals surface area contributed by atoms with Gasteiger partial charge in [-0.3, -0.25) is 0 Å². The van der Waals surface area contributed by atoms with Gasteiger partial charge in [0.25, 0.3) is 0 Å². The van der Waals surface area contributed by atoms with Crippen molar-refractivity contribution >= 4 is 0 Å². The molecule has 0 bridgehead atoms. The molecular weight excluding hydrogens is 209 g/mol. The van der Waals surface area contributed by atoms with E-state index in [4.69, 9.17) is 4.74 Å². The summed E-state index contributed by atoms with van der Waals surface area (Å²) in [6.45, 7) is 1.62. The van der Waals surface area contributed by atoms with E-state index in [1.807, 2.05) is 0 Å². The standard InChI is InChI=1S/C12H14FNO2/c13-7-1-2-8-10(5-7)16-11-6-14-4-3-9(11)12(8)15/h1-2,5,9,11-12,14-15H,3-4,6H2. The first kappa shape index (κ1) is 10.1. The van der Waals surface area contributed by atoms with Crippen molar-refractivity contribution in [1.29, 1.82) is 0 Å². The Labute approximate surface area is 93.2 Å². The van der Waals surface area contributed by atoms with Crippen molar-refractivity contribution in [2.75, 3.05) is 13.1 Å². The highest BCUT2D eigenvalue weighted by atomic mass is 19.1. The summed E-state index contributed by atoms with van der Waals surface area (Å²) in [4.78, 5) is 0. The fourth-order valence-corrected chi connectivity index (χ4v) is 2.59. The third-order valence-electron chi connectivity index (χ3n) is 3.46. The van der Waals surface area contributed by atoms with Crippen LogP contribution >= 0.6 is 0 Å². The van der Waals surface area contributed by atoms with Crippen molar-refractivity contribution in [3.63, 3.8) is 0 Å². The Balaban J connectivity index is 1.99. The van der Waals surface area contributed by atoms with E-state index in [9.17, 15) is 9.50 Å². The summed E-state index contributed by atoms with van der Waals surface area (Å²) >= 11 is 0. The lowest BCUT2D eigenvalue weighted by Gasteiger charge is -2.40. The first-order chi connectivity index (χ1) is 7.75. The van der Waals surface area contributed by atoms with Crippen LogP contribution in [-0.2, 0) is 0 Å². The van der Waals surface area contributed by atoms with Crippen LogP contribution in [0.4, 0.5) is 4.39 Å². The van der Waals surface area contributed by atoms with Crippen molar-refractivity contribution in [2.45, 2.75) is 18.6 Å². The van der Waals surface area contributed by atoms with E-state index >= 15 is 0 Å². The first-order valence-corrected chi connectivity index (χ1v) is 5.60. The number of hydrogen-bond acceptors (Lipinski definition) is 3. The van der Waals surface area contributed by atoms with Crippen LogP contribution in [0.2, 0.25) is 0 Å². The number of benzene rings is 1. The maximum absolute atomic E-state index is 13.1. The molecule has 1 saturated heterocycles. The van der Waals surface area contributed by atoms with E-state index in [-0.39, 0.29) is 17.8 Å². The van der Waals surface area contributed by atoms with E-state index < -0.39 is 6.10 Å². The van der Waals surface area contributed by atoms with Crippen LogP contribution in [0.3, 0.4) is 0 Å². The second-order valence-electron chi connectivity index (χ2n) is 4.44. The van der Waals surface area contributed by atoms with Gasteiger partial charge in [-0.25, -0.2) is 4.39 Å². The molecule has 2 aliphatic heterocycles. The molecule has 0 radical (unpaired) electrons. The predicted octanol–water partition coefficient (Wildman–Crippen LogP) is 1.23. The summed E-state index contributed by atoms with van der Waals surface area (Å²) in [5, 5.41) is 13.4. The molecule has 2 aliphatic rings. The first-order valence-electron chi connectivity index (χ1n) is 5.60. The molecule has 0 aliphatic carbocycles. The van der Waals surface area contributed by atoms with Gasteiger partial charge in [-0.05, 0) is 25.1 Å². The molecule has 1 aromatic rings. The second kappa shape index (κ2) is 3.71. The third kappa shape index (κ3) is 1.49. The zero-order chi connectivity index (χ0) is 11.1. The number of ether oxygens (including phenoxy) is 1. The Bertz CT molecular complexity index is 410. The highest BCUT2D eigenvalue weighted by Gasteiger charge is 2.38. The lowest BCUT2D eigenvalue weighted by Crippen LogP contribution is -2.48. The van der Waals surface area contributed by atoms with Crippen LogP contribution in [0.15, 0.2) is 18.2 Å². The summed E-state index contributed by atoms with van der Waals surface area (Å²) in [6.07, 6.45) is 0.317. The number of aliphatic hydroxyl groups is 1. The van der Waals surface area contributed by atoms with Crippen LogP contribution in [0.25, 0.3) is 0 Å². The third-order valence-corrected chi connectivity index (χ3v) is 3.46. The molecule has 0 saturated carbocycles. The number of hydrogen-bond donors (Lipinski definition) is 2. The van der Waals surface area contributed by atoms with Gasteiger partial charge in [-0.15, -0.1) is 0 Å².